The number of carboxylic acids is 4. The molecule has 4 fully saturated rings. The van der Waals surface area contributed by atoms with Gasteiger partial charge in [0.2, 0.25) is 0 Å². The number of carboxylic acid groups (broad SMARTS) is 4. The smallest absolute Gasteiger partial charge is 0.309 e. The predicted molar refractivity (Wildman–Crippen MR) is 92.4 cm³/mol. The van der Waals surface area contributed by atoms with Crippen LogP contribution in [0.5, 0.6) is 0 Å². The van der Waals surface area contributed by atoms with Crippen molar-refractivity contribution in [2.45, 2.75) is 37.8 Å². The van der Waals surface area contributed by atoms with Crippen molar-refractivity contribution < 1.29 is 105 Å². The fourth-order valence-corrected chi connectivity index (χ4v) is 5.55. The molecule has 0 aliphatic heterocycles. The third kappa shape index (κ3) is 3.54. The Labute approximate surface area is 223 Å². The number of hydrogen-bond acceptors (Lipinski definition) is 6. The van der Waals surface area contributed by atoms with Gasteiger partial charge in [0, 0.05) is 65.4 Å². The van der Waals surface area contributed by atoms with E-state index in [1.807, 2.05) is 0 Å². The Morgan fingerprint density at radius 2 is 0.967 bits per heavy atom. The van der Waals surface area contributed by atoms with Gasteiger partial charge in [0.15, 0.2) is 0 Å². The van der Waals surface area contributed by atoms with E-state index in [-0.39, 0.29) is 77.3 Å². The Bertz CT molecular complexity index is 732. The van der Waals surface area contributed by atoms with Gasteiger partial charge >= 0.3 is 11.9 Å². The second kappa shape index (κ2) is 8.41. The fourth-order valence-electron chi connectivity index (χ4n) is 5.55. The van der Waals surface area contributed by atoms with Gasteiger partial charge in [-0.05, 0) is 48.6 Å². The molecule has 0 aromatic heterocycles. The summed E-state index contributed by atoms with van der Waals surface area (Å²) in [5, 5.41) is 35.8. The Kier molecular flexibility index (Phi) is 7.86. The number of rotatable bonds is 4. The monoisotopic (exact) mass is 574 g/mol. The minimum absolute atomic E-state index is 0. The third-order valence-corrected chi connectivity index (χ3v) is 7.53. The molecule has 8 atom stereocenters. The molecule has 0 heterocycles. The Morgan fingerprint density at radius 1 is 0.700 bits per heavy atom. The molecule has 30 heavy (non-hydrogen) atoms. The van der Waals surface area contributed by atoms with E-state index in [1.54, 1.807) is 13.8 Å². The average molecular weight is 574 g/mol. The van der Waals surface area contributed by atoms with Crippen molar-refractivity contribution in [3.63, 3.8) is 0 Å². The largest absolute Gasteiger partial charge is 0.482 e. The Balaban J connectivity index is 0.000000281. The standard InChI is InChI=1S/2C9H12NO4.2Y/c2*1-8(6(11)12)4-2-3-9(10,5(4)8)7(13)14;;/h2*3-5H,2,10H2,1H3,(H,11,12)(H,13,14);;/q2*-1;;/t4-,5+,8+,9+;;;/m1.../s1. The summed E-state index contributed by atoms with van der Waals surface area (Å²) in [6.07, 6.45) is 4.01. The third-order valence-electron chi connectivity index (χ3n) is 7.53. The molecule has 4 unspecified atom stereocenters. The zero-order valence-electron chi connectivity index (χ0n) is 16.6. The van der Waals surface area contributed by atoms with Crippen LogP contribution in [0.3, 0.4) is 0 Å². The Hall–Kier alpha value is 0.00779. The van der Waals surface area contributed by atoms with Crippen molar-refractivity contribution in [3.05, 3.63) is 12.8 Å². The van der Waals surface area contributed by atoms with Crippen LogP contribution in [0.25, 0.3) is 0 Å². The molecule has 2 radical (unpaired) electrons. The molecule has 0 bridgehead atoms. The van der Waals surface area contributed by atoms with Crippen molar-refractivity contribution in [3.8, 4) is 0 Å². The molecule has 0 spiro atoms. The van der Waals surface area contributed by atoms with E-state index >= 15 is 0 Å². The molecule has 0 aromatic rings. The molecule has 162 valence electrons. The quantitative estimate of drug-likeness (QED) is 0.236. The molecule has 4 aliphatic carbocycles. The summed E-state index contributed by atoms with van der Waals surface area (Å²) in [5.41, 5.74) is 6.59. The second-order valence-electron chi connectivity index (χ2n) is 8.70. The van der Waals surface area contributed by atoms with E-state index in [0.717, 1.165) is 0 Å². The molecule has 10 nitrogen and oxygen atoms in total. The predicted octanol–water partition coefficient (Wildman–Crippen LogP) is -0.578. The molecule has 0 amide bonds. The molecular formula is C18H24N2O8Y2-2. The summed E-state index contributed by atoms with van der Waals surface area (Å²) in [5.74, 6) is -5.28. The van der Waals surface area contributed by atoms with Crippen LogP contribution in [0.2, 0.25) is 0 Å². The van der Waals surface area contributed by atoms with Gasteiger partial charge < -0.3 is 31.9 Å². The summed E-state index contributed by atoms with van der Waals surface area (Å²) in [7, 11) is 0. The van der Waals surface area contributed by atoms with E-state index in [2.05, 4.69) is 0 Å². The van der Waals surface area contributed by atoms with Crippen molar-refractivity contribution >= 4 is 23.9 Å². The van der Waals surface area contributed by atoms with Crippen molar-refractivity contribution in [1.29, 1.82) is 0 Å². The fraction of sp³-hybridized carbons (Fsp3) is 0.667. The second-order valence-corrected chi connectivity index (χ2v) is 8.70. The SMILES string of the molecule is CC1(C(=O)O)C2C[CH-]C(N)(C(=O)O)C21.C[C@]1(C(=O)O)[C@@H]2C[CH-][C@@](N)(C(=O)O)[C@@H]21.[Y].[Y]. The van der Waals surface area contributed by atoms with Gasteiger partial charge in [-0.3, -0.25) is 32.0 Å². The van der Waals surface area contributed by atoms with Crippen LogP contribution in [0.15, 0.2) is 0 Å². The first-order valence-electron chi connectivity index (χ1n) is 8.90. The van der Waals surface area contributed by atoms with Crippen LogP contribution in [0.1, 0.15) is 26.7 Å². The first kappa shape index (κ1) is 28.0. The van der Waals surface area contributed by atoms with Gasteiger partial charge in [-0.1, -0.05) is 0 Å². The topological polar surface area (TPSA) is 201 Å². The van der Waals surface area contributed by atoms with Crippen LogP contribution in [-0.4, -0.2) is 55.4 Å². The van der Waals surface area contributed by atoms with E-state index in [1.165, 1.54) is 12.8 Å². The van der Waals surface area contributed by atoms with Crippen molar-refractivity contribution in [2.24, 2.45) is 46.0 Å². The van der Waals surface area contributed by atoms with Crippen LogP contribution < -0.4 is 11.5 Å². The molecule has 4 aliphatic rings. The van der Waals surface area contributed by atoms with Crippen LogP contribution >= 0.6 is 0 Å². The first-order chi connectivity index (χ1) is 12.7. The zero-order chi connectivity index (χ0) is 21.4. The number of hydrogen-bond donors (Lipinski definition) is 6. The van der Waals surface area contributed by atoms with E-state index in [4.69, 9.17) is 31.9 Å². The summed E-state index contributed by atoms with van der Waals surface area (Å²) in [6.45, 7) is 3.14. The Morgan fingerprint density at radius 3 is 1.13 bits per heavy atom. The van der Waals surface area contributed by atoms with Gasteiger partial charge in [-0.15, -0.1) is 0 Å². The average Bonchev–Trinajstić information content (AvgIpc) is 3.23. The number of aliphatic carboxylic acids is 4. The summed E-state index contributed by atoms with van der Waals surface area (Å²) < 4.78 is 0. The van der Waals surface area contributed by atoms with Crippen LogP contribution in [-0.2, 0) is 84.6 Å². The summed E-state index contributed by atoms with van der Waals surface area (Å²) >= 11 is 0. The summed E-state index contributed by atoms with van der Waals surface area (Å²) in [6, 6.07) is 0. The van der Waals surface area contributed by atoms with E-state index in [0.29, 0.717) is 12.8 Å². The van der Waals surface area contributed by atoms with Crippen molar-refractivity contribution in [1.82, 2.24) is 0 Å². The molecule has 0 aromatic carbocycles. The maximum absolute atomic E-state index is 10.9. The normalized spacial score (nSPS) is 46.5. The van der Waals surface area contributed by atoms with E-state index < -0.39 is 57.6 Å². The van der Waals surface area contributed by atoms with Crippen molar-refractivity contribution in [2.75, 3.05) is 0 Å². The molecular weight excluding hydrogens is 550 g/mol. The molecule has 4 rings (SSSR count). The first-order valence-corrected chi connectivity index (χ1v) is 8.90. The van der Waals surface area contributed by atoms with Gasteiger partial charge in [0.05, 0.1) is 10.8 Å². The van der Waals surface area contributed by atoms with Gasteiger partial charge in [-0.2, -0.15) is 12.8 Å². The molecule has 0 saturated heterocycles. The number of carbonyl (C=O) groups is 4. The van der Waals surface area contributed by atoms with Crippen LogP contribution in [0, 0.1) is 47.3 Å². The molecule has 12 heteroatoms. The number of nitrogens with two attached hydrogens (primary N) is 2. The van der Waals surface area contributed by atoms with Gasteiger partial charge in [0.1, 0.15) is 0 Å². The summed E-state index contributed by atoms with van der Waals surface area (Å²) in [4.78, 5) is 43.7. The minimum atomic E-state index is -1.45. The van der Waals surface area contributed by atoms with Crippen LogP contribution in [0.4, 0.5) is 0 Å². The van der Waals surface area contributed by atoms with Gasteiger partial charge in [0.25, 0.3) is 11.9 Å². The molecule has 4 saturated carbocycles. The van der Waals surface area contributed by atoms with Gasteiger partial charge in [-0.25, -0.2) is 0 Å². The number of fused-ring (bicyclic) bond motifs is 2. The zero-order valence-corrected chi connectivity index (χ0v) is 22.3. The maximum Gasteiger partial charge on any atom is 0.309 e. The maximum atomic E-state index is 10.9. The molecule has 8 N–H and O–H groups in total. The minimum Gasteiger partial charge on any atom is -0.482 e. The van der Waals surface area contributed by atoms with E-state index in [9.17, 15) is 19.2 Å².